The summed E-state index contributed by atoms with van der Waals surface area (Å²) < 4.78 is 33.4. The van der Waals surface area contributed by atoms with Gasteiger partial charge in [0.2, 0.25) is 0 Å². The quantitative estimate of drug-likeness (QED) is 0.0234. The molecule has 10 nitrogen and oxygen atoms in total. The Kier molecular flexibility index (Phi) is 40.0. The number of carboxylic acid groups (broad SMARTS) is 1. The number of aliphatic carboxylic acids is 1. The van der Waals surface area contributed by atoms with Crippen molar-refractivity contribution in [1.29, 1.82) is 0 Å². The second kappa shape index (κ2) is 41.4. The molecule has 0 aliphatic carbocycles. The molecule has 0 fully saturated rings. The molecule has 0 spiro atoms. The minimum absolute atomic E-state index is 0.0104. The summed E-state index contributed by atoms with van der Waals surface area (Å²) in [5.41, 5.74) is 5.36. The molecule has 0 saturated heterocycles. The first-order valence-electron chi connectivity index (χ1n) is 22.5. The van der Waals surface area contributed by atoms with Crippen molar-refractivity contribution in [3.8, 4) is 0 Å². The monoisotopic (exact) mass is 814 g/mol. The molecule has 0 aromatic heterocycles. The predicted molar refractivity (Wildman–Crippen MR) is 231 cm³/mol. The average Bonchev–Trinajstić information content (AvgIpc) is 3.18. The van der Waals surface area contributed by atoms with E-state index in [1.165, 1.54) is 116 Å². The van der Waals surface area contributed by atoms with Crippen LogP contribution in [0.3, 0.4) is 0 Å². The van der Waals surface area contributed by atoms with Gasteiger partial charge in [-0.2, -0.15) is 0 Å². The summed E-state index contributed by atoms with van der Waals surface area (Å²) in [4.78, 5) is 33.6. The maximum atomic E-state index is 12.6. The molecule has 0 aliphatic rings. The fraction of sp³-hybridized carbons (Fsp3) is 0.822. The third kappa shape index (κ3) is 40.4. The van der Waals surface area contributed by atoms with Crippen LogP contribution in [-0.4, -0.2) is 60.5 Å². The summed E-state index contributed by atoms with van der Waals surface area (Å²) in [6, 6.07) is -1.48. The van der Waals surface area contributed by atoms with Crippen LogP contribution in [0, 0.1) is 0 Å². The zero-order valence-corrected chi connectivity index (χ0v) is 36.6. The van der Waals surface area contributed by atoms with E-state index in [1.807, 2.05) is 0 Å². The molecule has 0 saturated carbocycles. The van der Waals surface area contributed by atoms with E-state index < -0.39 is 45.1 Å². The molecule has 0 rings (SSSR count). The van der Waals surface area contributed by atoms with Crippen molar-refractivity contribution in [2.75, 3.05) is 26.4 Å². The maximum absolute atomic E-state index is 12.6. The van der Waals surface area contributed by atoms with E-state index in [2.05, 4.69) is 50.3 Å². The second-order valence-corrected chi connectivity index (χ2v) is 16.6. The smallest absolute Gasteiger partial charge is 0.472 e. The van der Waals surface area contributed by atoms with E-state index in [-0.39, 0.29) is 13.0 Å². The first kappa shape index (κ1) is 54.2. The molecule has 0 bridgehead atoms. The van der Waals surface area contributed by atoms with Crippen molar-refractivity contribution in [2.24, 2.45) is 5.73 Å². The first-order valence-corrected chi connectivity index (χ1v) is 24.0. The number of hydrogen-bond acceptors (Lipinski definition) is 8. The molecular formula is C45H84NO9P. The van der Waals surface area contributed by atoms with Crippen molar-refractivity contribution in [3.05, 3.63) is 36.5 Å². The molecule has 56 heavy (non-hydrogen) atoms. The highest BCUT2D eigenvalue weighted by atomic mass is 31.2. The number of ether oxygens (including phenoxy) is 2. The molecule has 328 valence electrons. The highest BCUT2D eigenvalue weighted by Gasteiger charge is 2.27. The van der Waals surface area contributed by atoms with Gasteiger partial charge >= 0.3 is 19.8 Å². The third-order valence-electron chi connectivity index (χ3n) is 9.64. The lowest BCUT2D eigenvalue weighted by atomic mass is 10.1. The summed E-state index contributed by atoms with van der Waals surface area (Å²) in [6.45, 7) is 3.85. The van der Waals surface area contributed by atoms with Crippen molar-refractivity contribution < 1.29 is 42.7 Å². The Balaban J connectivity index is 4.24. The lowest BCUT2D eigenvalue weighted by Crippen LogP contribution is -2.34. The number of carbonyl (C=O) groups is 2. The Morgan fingerprint density at radius 2 is 0.982 bits per heavy atom. The van der Waals surface area contributed by atoms with E-state index in [9.17, 15) is 19.0 Å². The summed E-state index contributed by atoms with van der Waals surface area (Å²) in [7, 11) is -4.62. The van der Waals surface area contributed by atoms with Gasteiger partial charge < -0.3 is 25.2 Å². The second-order valence-electron chi connectivity index (χ2n) is 15.2. The molecule has 0 aliphatic heterocycles. The van der Waals surface area contributed by atoms with Crippen LogP contribution in [0.25, 0.3) is 0 Å². The largest absolute Gasteiger partial charge is 0.480 e. The van der Waals surface area contributed by atoms with Crippen LogP contribution in [0.4, 0.5) is 0 Å². The third-order valence-corrected chi connectivity index (χ3v) is 10.6. The molecule has 0 aromatic rings. The van der Waals surface area contributed by atoms with Crippen LogP contribution < -0.4 is 5.73 Å². The summed E-state index contributed by atoms with van der Waals surface area (Å²) >= 11 is 0. The van der Waals surface area contributed by atoms with Gasteiger partial charge in [0, 0.05) is 13.0 Å². The fourth-order valence-electron chi connectivity index (χ4n) is 6.10. The highest BCUT2D eigenvalue weighted by molar-refractivity contribution is 7.47. The molecule has 0 aromatic carbocycles. The van der Waals surface area contributed by atoms with Crippen molar-refractivity contribution >= 4 is 19.8 Å². The van der Waals surface area contributed by atoms with E-state index in [4.69, 9.17) is 29.4 Å². The number of carbonyl (C=O) groups excluding carboxylic acids is 1. The van der Waals surface area contributed by atoms with Gasteiger partial charge in [-0.3, -0.25) is 18.6 Å². The average molecular weight is 814 g/mol. The van der Waals surface area contributed by atoms with Crippen LogP contribution in [0.2, 0.25) is 0 Å². The van der Waals surface area contributed by atoms with Crippen molar-refractivity contribution in [3.63, 3.8) is 0 Å². The Bertz CT molecular complexity index is 1040. The number of phosphoric ester groups is 1. The SMILES string of the molecule is CCCCCC/C=C\C/C=C\CCCCCCCCCC(=O)OC(COCCCCCCCC/C=C\CCCCCCCC)COP(=O)(O)OCC(N)C(=O)O. The van der Waals surface area contributed by atoms with Gasteiger partial charge in [0.1, 0.15) is 12.1 Å². The van der Waals surface area contributed by atoms with Crippen LogP contribution in [0.15, 0.2) is 36.5 Å². The maximum Gasteiger partial charge on any atom is 0.472 e. The van der Waals surface area contributed by atoms with Gasteiger partial charge in [-0.15, -0.1) is 0 Å². The van der Waals surface area contributed by atoms with Crippen LogP contribution in [0.5, 0.6) is 0 Å². The normalized spacial score (nSPS) is 14.2. The Morgan fingerprint density at radius 1 is 0.571 bits per heavy atom. The molecule has 4 N–H and O–H groups in total. The number of unbranched alkanes of at least 4 members (excludes halogenated alkanes) is 23. The summed E-state index contributed by atoms with van der Waals surface area (Å²) in [5, 5.41) is 8.90. The van der Waals surface area contributed by atoms with Crippen molar-refractivity contribution in [1.82, 2.24) is 0 Å². The number of hydrogen-bond donors (Lipinski definition) is 3. The zero-order chi connectivity index (χ0) is 41.2. The van der Waals surface area contributed by atoms with E-state index >= 15 is 0 Å². The van der Waals surface area contributed by atoms with Crippen LogP contribution in [-0.2, 0) is 32.7 Å². The number of carboxylic acids is 1. The van der Waals surface area contributed by atoms with Crippen LogP contribution in [0.1, 0.15) is 200 Å². The van der Waals surface area contributed by atoms with Gasteiger partial charge in [-0.25, -0.2) is 4.57 Å². The van der Waals surface area contributed by atoms with E-state index in [0.717, 1.165) is 57.8 Å². The Hall–Kier alpha value is -1.81. The molecule has 0 heterocycles. The van der Waals surface area contributed by atoms with Crippen LogP contribution >= 0.6 is 7.82 Å². The van der Waals surface area contributed by atoms with Gasteiger partial charge in [0.05, 0.1) is 19.8 Å². The van der Waals surface area contributed by atoms with Crippen molar-refractivity contribution in [2.45, 2.75) is 212 Å². The lowest BCUT2D eigenvalue weighted by Gasteiger charge is -2.20. The number of rotatable bonds is 43. The number of esters is 1. The highest BCUT2D eigenvalue weighted by Crippen LogP contribution is 2.43. The number of allylic oxidation sites excluding steroid dienone is 6. The fourth-order valence-corrected chi connectivity index (χ4v) is 6.88. The summed E-state index contributed by atoms with van der Waals surface area (Å²) in [5.74, 6) is -1.79. The van der Waals surface area contributed by atoms with E-state index in [1.54, 1.807) is 0 Å². The van der Waals surface area contributed by atoms with E-state index in [0.29, 0.717) is 13.0 Å². The molecular weight excluding hydrogens is 729 g/mol. The standard InChI is InChI=1S/C45H84NO9P/c1-3-5-7-9-11-13-15-17-19-21-22-23-25-27-29-31-33-35-37-44(47)55-42(40-53-56(50,51)54-41-43(46)45(48)49)39-52-38-36-34-32-30-28-26-24-20-18-16-14-12-10-8-6-4-2/h13,15,18-21,42-43H,3-12,14,16-17,22-41,46H2,1-2H3,(H,48,49)(H,50,51)/b15-13-,20-18-,21-19-. The predicted octanol–water partition coefficient (Wildman–Crippen LogP) is 12.5. The van der Waals surface area contributed by atoms with Gasteiger partial charge in [-0.05, 0) is 70.6 Å². The molecule has 3 unspecified atom stereocenters. The molecule has 3 atom stereocenters. The Labute approximate surface area is 342 Å². The minimum Gasteiger partial charge on any atom is -0.480 e. The zero-order valence-electron chi connectivity index (χ0n) is 35.7. The lowest BCUT2D eigenvalue weighted by molar-refractivity contribution is -0.154. The first-order chi connectivity index (χ1) is 27.2. The minimum atomic E-state index is -4.62. The molecule has 0 amide bonds. The molecule has 11 heteroatoms. The Morgan fingerprint density at radius 3 is 1.48 bits per heavy atom. The molecule has 0 radical (unpaired) electrons. The summed E-state index contributed by atoms with van der Waals surface area (Å²) in [6.07, 6.45) is 46.2. The topological polar surface area (TPSA) is 155 Å². The number of phosphoric acid groups is 1. The van der Waals surface area contributed by atoms with Gasteiger partial charge in [-0.1, -0.05) is 159 Å². The number of nitrogens with two attached hydrogens (primary N) is 1. The van der Waals surface area contributed by atoms with Gasteiger partial charge in [0.15, 0.2) is 0 Å². The van der Waals surface area contributed by atoms with Gasteiger partial charge in [0.25, 0.3) is 0 Å².